The summed E-state index contributed by atoms with van der Waals surface area (Å²) in [7, 11) is -3.78. The number of hydrogen-bond donors (Lipinski definition) is 2. The molecule has 0 amide bonds. The van der Waals surface area contributed by atoms with Gasteiger partial charge in [0.15, 0.2) is 0 Å². The molecule has 0 spiro atoms. The molecule has 0 rings (SSSR count). The van der Waals surface area contributed by atoms with Gasteiger partial charge in [-0.1, -0.05) is 51.2 Å². The second-order valence-corrected chi connectivity index (χ2v) is 8.74. The highest BCUT2D eigenvalue weighted by Crippen LogP contribution is 2.11. The minimum absolute atomic E-state index is 0.124. The van der Waals surface area contributed by atoms with Crippen LogP contribution >= 0.6 is 11.8 Å². The van der Waals surface area contributed by atoms with Crippen LogP contribution < -0.4 is 0 Å². The highest BCUT2D eigenvalue weighted by atomic mass is 32.2. The predicted octanol–water partition coefficient (Wildman–Crippen LogP) is 4.45. The normalized spacial score (nSPS) is 13.7. The van der Waals surface area contributed by atoms with E-state index in [1.807, 2.05) is 6.08 Å². The third-order valence-electron chi connectivity index (χ3n) is 3.56. The Balaban J connectivity index is 3.23. The lowest BCUT2D eigenvalue weighted by atomic mass is 10.1. The van der Waals surface area contributed by atoms with Crippen LogP contribution in [0, 0.1) is 0 Å². The van der Waals surface area contributed by atoms with Crippen molar-refractivity contribution < 1.29 is 18.1 Å². The summed E-state index contributed by atoms with van der Waals surface area (Å²) < 4.78 is 29.6. The summed E-state index contributed by atoms with van der Waals surface area (Å²) in [6.07, 6.45) is 14.4. The summed E-state index contributed by atoms with van der Waals surface area (Å²) in [6.45, 7) is 2.13. The number of rotatable bonds is 16. The molecular formula is C17H34O4S2. The van der Waals surface area contributed by atoms with Gasteiger partial charge in [0.05, 0.1) is 11.9 Å². The number of unbranched alkanes of at least 4 members (excludes halogenated alkanes) is 6. The quantitative estimate of drug-likeness (QED) is 0.240. The maximum absolute atomic E-state index is 10.5. The van der Waals surface area contributed by atoms with Crippen LogP contribution in [0.4, 0.5) is 0 Å². The first-order chi connectivity index (χ1) is 11.0. The van der Waals surface area contributed by atoms with Crippen LogP contribution in [0.15, 0.2) is 12.2 Å². The molecule has 0 aromatic heterocycles. The SMILES string of the molecule is CCCCC(O)C=CCCCCCCCSCCCS(=O)(=O)O. The Hall–Kier alpha value is -0.0400. The van der Waals surface area contributed by atoms with Crippen molar-refractivity contribution in [3.63, 3.8) is 0 Å². The summed E-state index contributed by atoms with van der Waals surface area (Å²) in [6, 6.07) is 0. The van der Waals surface area contributed by atoms with Crippen molar-refractivity contribution in [2.24, 2.45) is 0 Å². The molecule has 0 aromatic rings. The monoisotopic (exact) mass is 366 g/mol. The molecule has 0 aliphatic carbocycles. The zero-order chi connectivity index (χ0) is 17.4. The van der Waals surface area contributed by atoms with Crippen molar-refractivity contribution in [2.45, 2.75) is 77.2 Å². The predicted molar refractivity (Wildman–Crippen MR) is 101 cm³/mol. The van der Waals surface area contributed by atoms with Gasteiger partial charge in [-0.05, 0) is 43.6 Å². The summed E-state index contributed by atoms with van der Waals surface area (Å²) in [4.78, 5) is 0. The number of hydrogen-bond acceptors (Lipinski definition) is 4. The summed E-state index contributed by atoms with van der Waals surface area (Å²) in [5, 5.41) is 9.65. The molecule has 0 aliphatic rings. The molecule has 0 radical (unpaired) electrons. The van der Waals surface area contributed by atoms with E-state index < -0.39 is 10.1 Å². The molecular weight excluding hydrogens is 332 g/mol. The molecule has 4 nitrogen and oxygen atoms in total. The van der Waals surface area contributed by atoms with Gasteiger partial charge in [0, 0.05) is 0 Å². The Morgan fingerprint density at radius 2 is 1.65 bits per heavy atom. The Morgan fingerprint density at radius 1 is 1.00 bits per heavy atom. The number of allylic oxidation sites excluding steroid dienone is 1. The molecule has 1 atom stereocenters. The van der Waals surface area contributed by atoms with Crippen molar-refractivity contribution in [1.29, 1.82) is 0 Å². The van der Waals surface area contributed by atoms with Crippen molar-refractivity contribution in [1.82, 2.24) is 0 Å². The molecule has 0 saturated heterocycles. The molecule has 0 saturated carbocycles. The molecule has 6 heteroatoms. The van der Waals surface area contributed by atoms with Gasteiger partial charge in [-0.15, -0.1) is 0 Å². The van der Waals surface area contributed by atoms with Crippen molar-refractivity contribution in [2.75, 3.05) is 17.3 Å². The first-order valence-corrected chi connectivity index (χ1v) is 11.6. The van der Waals surface area contributed by atoms with Crippen LogP contribution in [0.3, 0.4) is 0 Å². The van der Waals surface area contributed by atoms with Gasteiger partial charge in [0.1, 0.15) is 0 Å². The van der Waals surface area contributed by atoms with E-state index in [0.29, 0.717) is 6.42 Å². The Kier molecular flexibility index (Phi) is 15.5. The maximum Gasteiger partial charge on any atom is 0.264 e. The van der Waals surface area contributed by atoms with E-state index in [0.717, 1.165) is 37.2 Å². The van der Waals surface area contributed by atoms with Gasteiger partial charge >= 0.3 is 0 Å². The van der Waals surface area contributed by atoms with Crippen LogP contribution in [0.2, 0.25) is 0 Å². The highest BCUT2D eigenvalue weighted by molar-refractivity contribution is 7.99. The lowest BCUT2D eigenvalue weighted by molar-refractivity contribution is 0.209. The fourth-order valence-corrected chi connectivity index (χ4v) is 3.86. The zero-order valence-corrected chi connectivity index (χ0v) is 16.1. The molecule has 0 aliphatic heterocycles. The lowest BCUT2D eigenvalue weighted by Crippen LogP contribution is -2.04. The van der Waals surface area contributed by atoms with Gasteiger partial charge in [-0.2, -0.15) is 20.2 Å². The zero-order valence-electron chi connectivity index (χ0n) is 14.5. The van der Waals surface area contributed by atoms with Crippen LogP contribution in [0.5, 0.6) is 0 Å². The standard InChI is InChI=1S/C17H34O4S2/c1-2-3-12-17(18)13-9-7-5-4-6-8-10-14-22-15-11-16-23(19,20)21/h9,13,17-18H,2-8,10-12,14-16H2,1H3,(H,19,20,21). The van der Waals surface area contributed by atoms with Gasteiger partial charge in [-0.25, -0.2) is 0 Å². The van der Waals surface area contributed by atoms with Crippen molar-refractivity contribution in [3.8, 4) is 0 Å². The smallest absolute Gasteiger partial charge is 0.264 e. The van der Waals surface area contributed by atoms with E-state index >= 15 is 0 Å². The molecule has 0 aromatic carbocycles. The van der Waals surface area contributed by atoms with Crippen molar-refractivity contribution >= 4 is 21.9 Å². The number of aliphatic hydroxyl groups excluding tert-OH is 1. The van der Waals surface area contributed by atoms with E-state index in [1.165, 1.54) is 32.1 Å². The van der Waals surface area contributed by atoms with Gasteiger partial charge in [0.2, 0.25) is 0 Å². The third-order valence-corrected chi connectivity index (χ3v) is 5.52. The largest absolute Gasteiger partial charge is 0.389 e. The molecule has 1 unspecified atom stereocenters. The molecule has 0 heterocycles. The van der Waals surface area contributed by atoms with Gasteiger partial charge < -0.3 is 5.11 Å². The Bertz CT molecular complexity index is 380. The van der Waals surface area contributed by atoms with E-state index in [2.05, 4.69) is 13.0 Å². The second kappa shape index (κ2) is 15.5. The maximum atomic E-state index is 10.5. The lowest BCUT2D eigenvalue weighted by Gasteiger charge is -2.03. The number of aliphatic hydroxyl groups is 1. The minimum Gasteiger partial charge on any atom is -0.389 e. The van der Waals surface area contributed by atoms with Gasteiger partial charge in [-0.3, -0.25) is 4.55 Å². The molecule has 0 bridgehead atoms. The molecule has 138 valence electrons. The fourth-order valence-electron chi connectivity index (χ4n) is 2.20. The fraction of sp³-hybridized carbons (Fsp3) is 0.882. The topological polar surface area (TPSA) is 74.6 Å². The van der Waals surface area contributed by atoms with Crippen molar-refractivity contribution in [3.05, 3.63) is 12.2 Å². The second-order valence-electron chi connectivity index (χ2n) is 5.95. The van der Waals surface area contributed by atoms with Crippen LogP contribution in [0.25, 0.3) is 0 Å². The Morgan fingerprint density at radius 3 is 2.35 bits per heavy atom. The molecule has 0 fully saturated rings. The summed E-state index contributed by atoms with van der Waals surface area (Å²) in [5.41, 5.74) is 0. The van der Waals surface area contributed by atoms with E-state index in [9.17, 15) is 13.5 Å². The van der Waals surface area contributed by atoms with Crippen LogP contribution in [0.1, 0.15) is 71.1 Å². The Labute approximate surface area is 146 Å². The number of thioether (sulfide) groups is 1. The average molecular weight is 367 g/mol. The first-order valence-electron chi connectivity index (χ1n) is 8.83. The third kappa shape index (κ3) is 19.9. The summed E-state index contributed by atoms with van der Waals surface area (Å²) >= 11 is 1.76. The van der Waals surface area contributed by atoms with E-state index in [1.54, 1.807) is 11.8 Å². The van der Waals surface area contributed by atoms with E-state index in [-0.39, 0.29) is 11.9 Å². The summed E-state index contributed by atoms with van der Waals surface area (Å²) in [5.74, 6) is 1.74. The molecule has 2 N–H and O–H groups in total. The minimum atomic E-state index is -3.78. The van der Waals surface area contributed by atoms with Crippen LogP contribution in [-0.2, 0) is 10.1 Å². The van der Waals surface area contributed by atoms with E-state index in [4.69, 9.17) is 4.55 Å². The van der Waals surface area contributed by atoms with Crippen LogP contribution in [-0.4, -0.2) is 41.4 Å². The first kappa shape index (κ1) is 23.0. The van der Waals surface area contributed by atoms with Gasteiger partial charge in [0.25, 0.3) is 10.1 Å². The average Bonchev–Trinajstić information content (AvgIpc) is 2.48. The molecule has 23 heavy (non-hydrogen) atoms. The highest BCUT2D eigenvalue weighted by Gasteiger charge is 2.03.